The van der Waals surface area contributed by atoms with Crippen LogP contribution in [0.1, 0.15) is 33.3 Å². The van der Waals surface area contributed by atoms with Crippen LogP contribution >= 0.6 is 11.6 Å². The Morgan fingerprint density at radius 2 is 1.93 bits per heavy atom. The second-order valence-corrected chi connectivity index (χ2v) is 6.98. The molecule has 0 bridgehead atoms. The molecule has 0 saturated carbocycles. The molecule has 1 amide bonds. The molecule has 7 nitrogen and oxygen atoms in total. The van der Waals surface area contributed by atoms with Crippen LogP contribution in [-0.2, 0) is 13.0 Å². The summed E-state index contributed by atoms with van der Waals surface area (Å²) in [6.07, 6.45) is 0.657. The average Bonchev–Trinajstić information content (AvgIpc) is 3.28. The molecular weight excluding hydrogens is 394 g/mol. The van der Waals surface area contributed by atoms with E-state index in [0.29, 0.717) is 41.8 Å². The number of nitrogens with one attached hydrogen (secondary N) is 1. The molecule has 2 aromatic heterocycles. The number of rotatable bonds is 8. The average molecular weight is 418 g/mol. The fourth-order valence-electron chi connectivity index (χ4n) is 3.01. The number of aryl methyl sites for hydroxylation is 1. The lowest BCUT2D eigenvalue weighted by Crippen LogP contribution is -2.25. The molecule has 2 heterocycles. The molecule has 1 aromatic carbocycles. The second-order valence-electron chi connectivity index (χ2n) is 6.60. The van der Waals surface area contributed by atoms with Crippen molar-refractivity contribution in [3.63, 3.8) is 0 Å². The number of aromatic nitrogens is 2. The number of amides is 1. The Hall–Kier alpha value is -2.93. The Bertz CT molecular complexity index is 1010. The van der Waals surface area contributed by atoms with Crippen LogP contribution in [0.2, 0.25) is 5.02 Å². The maximum absolute atomic E-state index is 12.4. The van der Waals surface area contributed by atoms with Crippen LogP contribution in [0.4, 0.5) is 0 Å². The van der Waals surface area contributed by atoms with Gasteiger partial charge in [0, 0.05) is 6.54 Å². The van der Waals surface area contributed by atoms with E-state index in [1.54, 1.807) is 31.0 Å². The predicted molar refractivity (Wildman–Crippen MR) is 110 cm³/mol. The third-order valence-corrected chi connectivity index (χ3v) is 5.18. The van der Waals surface area contributed by atoms with Gasteiger partial charge >= 0.3 is 0 Å². The van der Waals surface area contributed by atoms with Crippen molar-refractivity contribution >= 4 is 17.5 Å². The van der Waals surface area contributed by atoms with Gasteiger partial charge in [0.05, 0.1) is 37.2 Å². The topological polar surface area (TPSA) is 78.5 Å². The standard InChI is InChI=1S/C21H24ClN3O4/c1-13-20(22)14(2)25(24-13)12-16-6-8-18(29-16)21(26)23-10-9-15-5-7-17(27-3)19(11-15)28-4/h5-8,11H,9-10,12H2,1-4H3,(H,23,26). The molecule has 0 saturated heterocycles. The van der Waals surface area contributed by atoms with Crippen molar-refractivity contribution in [2.45, 2.75) is 26.8 Å². The highest BCUT2D eigenvalue weighted by molar-refractivity contribution is 6.31. The minimum absolute atomic E-state index is 0.261. The SMILES string of the molecule is COc1ccc(CCNC(=O)c2ccc(Cn3nc(C)c(Cl)c3C)o2)cc1OC. The lowest BCUT2D eigenvalue weighted by atomic mass is 10.1. The van der Waals surface area contributed by atoms with E-state index in [9.17, 15) is 4.79 Å². The van der Waals surface area contributed by atoms with Crippen molar-refractivity contribution in [3.05, 3.63) is 63.8 Å². The summed E-state index contributed by atoms with van der Waals surface area (Å²) in [5, 5.41) is 7.88. The normalized spacial score (nSPS) is 10.8. The summed E-state index contributed by atoms with van der Waals surface area (Å²) >= 11 is 6.17. The van der Waals surface area contributed by atoms with Gasteiger partial charge in [-0.3, -0.25) is 9.48 Å². The Kier molecular flexibility index (Phi) is 6.49. The highest BCUT2D eigenvalue weighted by atomic mass is 35.5. The van der Waals surface area contributed by atoms with Crippen molar-refractivity contribution < 1.29 is 18.7 Å². The van der Waals surface area contributed by atoms with Gasteiger partial charge in [-0.2, -0.15) is 5.10 Å². The summed E-state index contributed by atoms with van der Waals surface area (Å²) in [5.41, 5.74) is 2.66. The van der Waals surface area contributed by atoms with Gasteiger partial charge in [0.1, 0.15) is 5.76 Å². The van der Waals surface area contributed by atoms with Gasteiger partial charge in [0.25, 0.3) is 5.91 Å². The number of halogens is 1. The lowest BCUT2D eigenvalue weighted by molar-refractivity contribution is 0.0924. The zero-order chi connectivity index (χ0) is 21.0. The number of furan rings is 1. The third-order valence-electron chi connectivity index (χ3n) is 4.63. The molecular formula is C21H24ClN3O4. The molecule has 8 heteroatoms. The minimum atomic E-state index is -0.261. The molecule has 0 fully saturated rings. The summed E-state index contributed by atoms with van der Waals surface area (Å²) in [4.78, 5) is 12.4. The Labute approximate surface area is 174 Å². The predicted octanol–water partition coefficient (Wildman–Crippen LogP) is 3.78. The Morgan fingerprint density at radius 3 is 2.59 bits per heavy atom. The van der Waals surface area contributed by atoms with E-state index in [4.69, 9.17) is 25.5 Å². The number of benzene rings is 1. The number of hydrogen-bond donors (Lipinski definition) is 1. The van der Waals surface area contributed by atoms with Gasteiger partial charge in [-0.25, -0.2) is 0 Å². The smallest absolute Gasteiger partial charge is 0.287 e. The lowest BCUT2D eigenvalue weighted by Gasteiger charge is -2.09. The van der Waals surface area contributed by atoms with E-state index in [-0.39, 0.29) is 11.7 Å². The van der Waals surface area contributed by atoms with Gasteiger partial charge < -0.3 is 19.2 Å². The van der Waals surface area contributed by atoms with Crippen LogP contribution in [0.5, 0.6) is 11.5 Å². The minimum Gasteiger partial charge on any atom is -0.493 e. The van der Waals surface area contributed by atoms with Crippen LogP contribution in [0.15, 0.2) is 34.7 Å². The molecule has 0 radical (unpaired) electrons. The molecule has 154 valence electrons. The van der Waals surface area contributed by atoms with Crippen molar-refractivity contribution in [1.29, 1.82) is 0 Å². The maximum atomic E-state index is 12.4. The second kappa shape index (κ2) is 9.05. The first-order valence-electron chi connectivity index (χ1n) is 9.20. The van der Waals surface area contributed by atoms with Crippen molar-refractivity contribution in [1.82, 2.24) is 15.1 Å². The molecule has 0 spiro atoms. The maximum Gasteiger partial charge on any atom is 0.287 e. The first kappa shape index (κ1) is 20.8. The van der Waals surface area contributed by atoms with Gasteiger partial charge in [-0.15, -0.1) is 0 Å². The Morgan fingerprint density at radius 1 is 1.17 bits per heavy atom. The van der Waals surface area contributed by atoms with E-state index >= 15 is 0 Å². The number of hydrogen-bond acceptors (Lipinski definition) is 5. The highest BCUT2D eigenvalue weighted by Crippen LogP contribution is 2.27. The number of nitrogens with zero attached hydrogens (tertiary/aromatic N) is 2. The summed E-state index contributed by atoms with van der Waals surface area (Å²) in [6.45, 7) is 4.63. The van der Waals surface area contributed by atoms with Gasteiger partial charge in [-0.05, 0) is 50.1 Å². The number of ether oxygens (including phenoxy) is 2. The number of carbonyl (C=O) groups is 1. The first-order chi connectivity index (χ1) is 13.9. The molecule has 0 unspecified atom stereocenters. The first-order valence-corrected chi connectivity index (χ1v) is 9.58. The summed E-state index contributed by atoms with van der Waals surface area (Å²) in [6, 6.07) is 9.12. The summed E-state index contributed by atoms with van der Waals surface area (Å²) < 4.78 is 18.0. The molecule has 3 aromatic rings. The molecule has 0 atom stereocenters. The number of methoxy groups -OCH3 is 2. The van der Waals surface area contributed by atoms with Gasteiger partial charge in [0.2, 0.25) is 0 Å². The molecule has 0 aliphatic carbocycles. The number of carbonyl (C=O) groups excluding carboxylic acids is 1. The fourth-order valence-corrected chi connectivity index (χ4v) is 3.14. The van der Waals surface area contributed by atoms with E-state index in [1.807, 2.05) is 32.0 Å². The fraction of sp³-hybridized carbons (Fsp3) is 0.333. The van der Waals surface area contributed by atoms with Gasteiger partial charge in [-0.1, -0.05) is 17.7 Å². The summed E-state index contributed by atoms with van der Waals surface area (Å²) in [7, 11) is 3.19. The van der Waals surface area contributed by atoms with Crippen LogP contribution in [0.25, 0.3) is 0 Å². The quantitative estimate of drug-likeness (QED) is 0.603. The van der Waals surface area contributed by atoms with E-state index in [2.05, 4.69) is 10.4 Å². The van der Waals surface area contributed by atoms with Crippen molar-refractivity contribution in [2.75, 3.05) is 20.8 Å². The van der Waals surface area contributed by atoms with E-state index in [0.717, 1.165) is 17.0 Å². The third kappa shape index (κ3) is 4.74. The monoisotopic (exact) mass is 417 g/mol. The molecule has 0 aliphatic heterocycles. The van der Waals surface area contributed by atoms with Gasteiger partial charge in [0.15, 0.2) is 17.3 Å². The van der Waals surface area contributed by atoms with E-state index in [1.165, 1.54) is 0 Å². The van der Waals surface area contributed by atoms with Crippen molar-refractivity contribution in [3.8, 4) is 11.5 Å². The van der Waals surface area contributed by atoms with E-state index < -0.39 is 0 Å². The molecule has 29 heavy (non-hydrogen) atoms. The summed E-state index contributed by atoms with van der Waals surface area (Å²) in [5.74, 6) is 1.98. The van der Waals surface area contributed by atoms with Crippen LogP contribution in [0.3, 0.4) is 0 Å². The molecule has 1 N–H and O–H groups in total. The van der Waals surface area contributed by atoms with Crippen LogP contribution in [0, 0.1) is 13.8 Å². The molecule has 3 rings (SSSR count). The highest BCUT2D eigenvalue weighted by Gasteiger charge is 2.14. The van der Waals surface area contributed by atoms with Crippen LogP contribution in [-0.4, -0.2) is 36.5 Å². The zero-order valence-corrected chi connectivity index (χ0v) is 17.7. The largest absolute Gasteiger partial charge is 0.493 e. The molecule has 0 aliphatic rings. The van der Waals surface area contributed by atoms with Crippen molar-refractivity contribution in [2.24, 2.45) is 0 Å². The zero-order valence-electron chi connectivity index (χ0n) is 16.9. The van der Waals surface area contributed by atoms with Crippen LogP contribution < -0.4 is 14.8 Å². The Balaban J connectivity index is 1.56.